The first-order valence-electron chi connectivity index (χ1n) is 8.66. The molecule has 0 fully saturated rings. The molecule has 2 aromatic carbocycles. The van der Waals surface area contributed by atoms with Gasteiger partial charge in [-0.1, -0.05) is 11.6 Å². The van der Waals surface area contributed by atoms with E-state index in [1.807, 2.05) is 11.5 Å². The molecule has 3 aromatic rings. The molecule has 29 heavy (non-hydrogen) atoms. The van der Waals surface area contributed by atoms with Crippen LogP contribution in [0.5, 0.6) is 5.75 Å². The maximum Gasteiger partial charge on any atom is 0.270 e. The van der Waals surface area contributed by atoms with E-state index in [2.05, 4.69) is 10.2 Å². The Balaban J connectivity index is 1.82. The molecule has 0 saturated heterocycles. The molecule has 0 aliphatic heterocycles. The van der Waals surface area contributed by atoms with E-state index in [1.165, 1.54) is 30.8 Å². The monoisotopic (exact) mass is 432 g/mol. The molecule has 0 unspecified atom stereocenters. The highest BCUT2D eigenvalue weighted by Gasteiger charge is 2.18. The fourth-order valence-electron chi connectivity index (χ4n) is 2.59. The van der Waals surface area contributed by atoms with Gasteiger partial charge in [0.1, 0.15) is 12.4 Å². The van der Waals surface area contributed by atoms with Crippen LogP contribution in [0.1, 0.15) is 30.0 Å². The van der Waals surface area contributed by atoms with Crippen molar-refractivity contribution in [2.45, 2.75) is 37.1 Å². The molecule has 0 spiro atoms. The summed E-state index contributed by atoms with van der Waals surface area (Å²) < 4.78 is 7.60. The van der Waals surface area contributed by atoms with E-state index in [0.717, 1.165) is 0 Å². The Morgan fingerprint density at radius 2 is 1.97 bits per heavy atom. The highest BCUT2D eigenvalue weighted by molar-refractivity contribution is 7.99. The summed E-state index contributed by atoms with van der Waals surface area (Å²) in [7, 11) is 0. The Hall–Kier alpha value is -2.91. The number of ketones is 1. The van der Waals surface area contributed by atoms with E-state index in [-0.39, 0.29) is 23.6 Å². The van der Waals surface area contributed by atoms with E-state index >= 15 is 0 Å². The van der Waals surface area contributed by atoms with Gasteiger partial charge in [0.2, 0.25) is 0 Å². The summed E-state index contributed by atoms with van der Waals surface area (Å²) in [6.07, 6.45) is 0. The number of Topliss-reactive ketones (excluding diaryl/α,β-unsaturated/α-hetero) is 1. The van der Waals surface area contributed by atoms with Crippen molar-refractivity contribution in [2.75, 3.05) is 0 Å². The lowest BCUT2D eigenvalue weighted by molar-refractivity contribution is -0.384. The lowest BCUT2D eigenvalue weighted by Crippen LogP contribution is -2.07. The number of hydrogen-bond donors (Lipinski definition) is 0. The molecule has 150 valence electrons. The van der Waals surface area contributed by atoms with E-state index in [9.17, 15) is 14.9 Å². The summed E-state index contributed by atoms with van der Waals surface area (Å²) in [5.41, 5.74) is 0.141. The van der Waals surface area contributed by atoms with Crippen LogP contribution >= 0.6 is 23.4 Å². The highest BCUT2D eigenvalue weighted by Crippen LogP contribution is 2.32. The van der Waals surface area contributed by atoms with Crippen molar-refractivity contribution in [2.24, 2.45) is 0 Å². The fourth-order valence-corrected chi connectivity index (χ4v) is 3.79. The number of aromatic nitrogens is 3. The average Bonchev–Trinajstić information content (AvgIpc) is 3.09. The van der Waals surface area contributed by atoms with Crippen LogP contribution in [-0.2, 0) is 13.2 Å². The minimum absolute atomic E-state index is 0.131. The van der Waals surface area contributed by atoms with Crippen molar-refractivity contribution in [1.29, 1.82) is 0 Å². The van der Waals surface area contributed by atoms with Gasteiger partial charge >= 0.3 is 0 Å². The van der Waals surface area contributed by atoms with E-state index in [4.69, 9.17) is 16.3 Å². The molecule has 0 radical (unpaired) electrons. The highest BCUT2D eigenvalue weighted by atomic mass is 35.5. The minimum atomic E-state index is -0.526. The van der Waals surface area contributed by atoms with Crippen LogP contribution < -0.4 is 4.74 Å². The van der Waals surface area contributed by atoms with Crippen LogP contribution in [0, 0.1) is 10.1 Å². The zero-order valence-electron chi connectivity index (χ0n) is 15.7. The molecule has 0 saturated carbocycles. The van der Waals surface area contributed by atoms with Gasteiger partial charge in [0.25, 0.3) is 5.69 Å². The molecule has 8 nitrogen and oxygen atoms in total. The molecule has 0 bridgehead atoms. The largest absolute Gasteiger partial charge is 0.486 e. The lowest BCUT2D eigenvalue weighted by Gasteiger charge is -2.10. The van der Waals surface area contributed by atoms with Gasteiger partial charge in [0.05, 0.1) is 4.92 Å². The molecular formula is C19H17ClN4O4S. The second kappa shape index (κ2) is 9.06. The first-order valence-corrected chi connectivity index (χ1v) is 9.86. The molecule has 3 rings (SSSR count). The normalized spacial score (nSPS) is 10.7. The van der Waals surface area contributed by atoms with Crippen molar-refractivity contribution >= 4 is 34.8 Å². The van der Waals surface area contributed by atoms with Crippen molar-refractivity contribution in [1.82, 2.24) is 14.8 Å². The SMILES string of the molecule is CCn1c(COc2ccc(Cl)cc2)nnc1Sc1ccc([N+](=O)[O-])cc1C(C)=O. The number of rotatable bonds is 8. The minimum Gasteiger partial charge on any atom is -0.486 e. The van der Waals surface area contributed by atoms with Gasteiger partial charge in [0, 0.05) is 34.2 Å². The van der Waals surface area contributed by atoms with Gasteiger partial charge in [-0.3, -0.25) is 14.9 Å². The number of carbonyl (C=O) groups is 1. The third kappa shape index (κ3) is 4.93. The number of non-ortho nitro benzene ring substituents is 1. The van der Waals surface area contributed by atoms with E-state index in [1.54, 1.807) is 30.3 Å². The quantitative estimate of drug-likeness (QED) is 0.286. The van der Waals surface area contributed by atoms with Crippen LogP contribution in [-0.4, -0.2) is 25.5 Å². The Labute approximate surface area is 176 Å². The van der Waals surface area contributed by atoms with Crippen LogP contribution in [0.15, 0.2) is 52.5 Å². The molecular weight excluding hydrogens is 416 g/mol. The third-order valence-corrected chi connectivity index (χ3v) is 5.36. The number of nitro groups is 1. The second-order valence-electron chi connectivity index (χ2n) is 5.98. The number of halogens is 1. The van der Waals surface area contributed by atoms with Crippen LogP contribution in [0.3, 0.4) is 0 Å². The molecule has 0 aliphatic rings. The summed E-state index contributed by atoms with van der Waals surface area (Å²) >= 11 is 7.10. The summed E-state index contributed by atoms with van der Waals surface area (Å²) in [5, 5.41) is 20.6. The van der Waals surface area contributed by atoms with Gasteiger partial charge in [-0.25, -0.2) is 0 Å². The number of nitro benzene ring substituents is 1. The summed E-state index contributed by atoms with van der Waals surface area (Å²) in [4.78, 5) is 23.0. The van der Waals surface area contributed by atoms with E-state index < -0.39 is 4.92 Å². The predicted octanol–water partition coefficient (Wildman–Crippen LogP) is 4.79. The molecule has 0 N–H and O–H groups in total. The van der Waals surface area contributed by atoms with Crippen LogP contribution in [0.4, 0.5) is 5.69 Å². The van der Waals surface area contributed by atoms with Gasteiger partial charge in [-0.15, -0.1) is 10.2 Å². The lowest BCUT2D eigenvalue weighted by atomic mass is 10.1. The number of ether oxygens (including phenoxy) is 1. The van der Waals surface area contributed by atoms with Crippen molar-refractivity contribution < 1.29 is 14.5 Å². The van der Waals surface area contributed by atoms with Gasteiger partial charge in [-0.2, -0.15) is 0 Å². The Bertz CT molecular complexity index is 1050. The molecule has 10 heteroatoms. The molecule has 1 heterocycles. The van der Waals surface area contributed by atoms with Crippen molar-refractivity contribution in [3.8, 4) is 5.75 Å². The van der Waals surface area contributed by atoms with Crippen molar-refractivity contribution in [3.63, 3.8) is 0 Å². The van der Waals surface area contributed by atoms with Crippen LogP contribution in [0.2, 0.25) is 5.02 Å². The Morgan fingerprint density at radius 1 is 1.24 bits per heavy atom. The number of benzene rings is 2. The van der Waals surface area contributed by atoms with Gasteiger partial charge in [0.15, 0.2) is 16.8 Å². The molecule has 0 atom stereocenters. The first kappa shape index (κ1) is 20.8. The Morgan fingerprint density at radius 3 is 2.59 bits per heavy atom. The molecule has 0 amide bonds. The number of hydrogen-bond acceptors (Lipinski definition) is 7. The summed E-state index contributed by atoms with van der Waals surface area (Å²) in [6, 6.07) is 11.2. The first-order chi connectivity index (χ1) is 13.9. The van der Waals surface area contributed by atoms with Crippen molar-refractivity contribution in [3.05, 3.63) is 69.0 Å². The Kier molecular flexibility index (Phi) is 6.50. The topological polar surface area (TPSA) is 100 Å². The smallest absolute Gasteiger partial charge is 0.270 e. The molecule has 0 aliphatic carbocycles. The number of nitrogens with zero attached hydrogens (tertiary/aromatic N) is 4. The fraction of sp³-hybridized carbons (Fsp3) is 0.211. The summed E-state index contributed by atoms with van der Waals surface area (Å²) in [6.45, 7) is 4.12. The van der Waals surface area contributed by atoms with Gasteiger partial charge in [-0.05, 0) is 55.9 Å². The zero-order chi connectivity index (χ0) is 21.0. The summed E-state index contributed by atoms with van der Waals surface area (Å²) in [5.74, 6) is 1.02. The number of carbonyl (C=O) groups excluding carboxylic acids is 1. The zero-order valence-corrected chi connectivity index (χ0v) is 17.2. The van der Waals surface area contributed by atoms with Gasteiger partial charge < -0.3 is 9.30 Å². The van der Waals surface area contributed by atoms with Crippen LogP contribution in [0.25, 0.3) is 0 Å². The maximum atomic E-state index is 12.0. The second-order valence-corrected chi connectivity index (χ2v) is 7.43. The standard InChI is InChI=1S/C19H17ClN4O4S/c1-3-23-18(11-28-15-7-4-13(20)5-8-15)21-22-19(23)29-17-9-6-14(24(26)27)10-16(17)12(2)25/h4-10H,3,11H2,1-2H3. The third-order valence-electron chi connectivity index (χ3n) is 4.05. The maximum absolute atomic E-state index is 12.0. The average molecular weight is 433 g/mol. The predicted molar refractivity (Wildman–Crippen MR) is 109 cm³/mol. The van der Waals surface area contributed by atoms with E-state index in [0.29, 0.717) is 33.2 Å². The molecule has 1 aromatic heterocycles.